The topological polar surface area (TPSA) is 69.7 Å². The predicted molar refractivity (Wildman–Crippen MR) is 111 cm³/mol. The quantitative estimate of drug-likeness (QED) is 0.757. The Kier molecular flexibility index (Phi) is 7.36. The van der Waals surface area contributed by atoms with Gasteiger partial charge in [-0.05, 0) is 76.4 Å². The summed E-state index contributed by atoms with van der Waals surface area (Å²) in [5.74, 6) is 0.311. The first-order chi connectivity index (χ1) is 13.4. The van der Waals surface area contributed by atoms with Crippen molar-refractivity contribution >= 4 is 27.5 Å². The molecule has 1 aromatic rings. The van der Waals surface area contributed by atoms with E-state index in [1.807, 2.05) is 0 Å². The molecule has 0 spiro atoms. The standard InChI is InChI=1S/C20H30ClN3O3S/c1-23-13-8-16(9-14-23)7-10-22-20(25)18-15-17(5-6-19(18)21)28(26,27)24-11-3-2-4-12-24/h5-6,15-16H,2-4,7-14H2,1H3,(H,22,25). The van der Waals surface area contributed by atoms with Crippen LogP contribution in [0, 0.1) is 5.92 Å². The first kappa shape index (κ1) is 21.6. The third-order valence-electron chi connectivity index (χ3n) is 5.81. The molecule has 2 fully saturated rings. The smallest absolute Gasteiger partial charge is 0.252 e. The number of benzene rings is 1. The van der Waals surface area contributed by atoms with Gasteiger partial charge in [0.1, 0.15) is 0 Å². The van der Waals surface area contributed by atoms with Crippen LogP contribution in [-0.2, 0) is 10.0 Å². The summed E-state index contributed by atoms with van der Waals surface area (Å²) in [4.78, 5) is 15.1. The van der Waals surface area contributed by atoms with Gasteiger partial charge < -0.3 is 10.2 Å². The summed E-state index contributed by atoms with van der Waals surface area (Å²) in [5.41, 5.74) is 0.225. The molecule has 2 aliphatic rings. The normalized spacial score (nSPS) is 20.2. The molecule has 1 amide bonds. The number of halogens is 1. The second-order valence-corrected chi connectivity index (χ2v) is 10.2. The number of nitrogens with one attached hydrogen (secondary N) is 1. The first-order valence-corrected chi connectivity index (χ1v) is 12.0. The molecule has 1 aromatic carbocycles. The molecule has 6 nitrogen and oxygen atoms in total. The average Bonchev–Trinajstić information content (AvgIpc) is 2.70. The number of carbonyl (C=O) groups is 1. The second-order valence-electron chi connectivity index (χ2n) is 7.90. The van der Waals surface area contributed by atoms with Crippen LogP contribution in [-0.4, -0.2) is 63.3 Å². The van der Waals surface area contributed by atoms with Crippen LogP contribution in [0.1, 0.15) is 48.9 Å². The van der Waals surface area contributed by atoms with Gasteiger partial charge in [0.25, 0.3) is 5.91 Å². The number of hydrogen-bond acceptors (Lipinski definition) is 4. The van der Waals surface area contributed by atoms with Crippen molar-refractivity contribution in [3.63, 3.8) is 0 Å². The van der Waals surface area contributed by atoms with Crippen LogP contribution in [0.3, 0.4) is 0 Å². The molecular formula is C20H30ClN3O3S. The van der Waals surface area contributed by atoms with Crippen molar-refractivity contribution in [1.82, 2.24) is 14.5 Å². The van der Waals surface area contributed by atoms with E-state index in [2.05, 4.69) is 17.3 Å². The second kappa shape index (κ2) is 9.57. The van der Waals surface area contributed by atoms with Crippen LogP contribution in [0.4, 0.5) is 0 Å². The summed E-state index contributed by atoms with van der Waals surface area (Å²) in [5, 5.41) is 3.18. The van der Waals surface area contributed by atoms with Gasteiger partial charge in [0.2, 0.25) is 10.0 Å². The minimum absolute atomic E-state index is 0.138. The number of amides is 1. The van der Waals surface area contributed by atoms with Crippen LogP contribution in [0.25, 0.3) is 0 Å². The highest BCUT2D eigenvalue weighted by Crippen LogP contribution is 2.25. The summed E-state index contributed by atoms with van der Waals surface area (Å²) in [7, 11) is -1.46. The number of hydrogen-bond donors (Lipinski definition) is 1. The number of piperidine rings is 2. The molecule has 2 aliphatic heterocycles. The molecule has 0 aliphatic carbocycles. The highest BCUT2D eigenvalue weighted by Gasteiger charge is 2.27. The van der Waals surface area contributed by atoms with Crippen LogP contribution in [0.15, 0.2) is 23.1 Å². The van der Waals surface area contributed by atoms with E-state index < -0.39 is 10.0 Å². The maximum Gasteiger partial charge on any atom is 0.252 e. The van der Waals surface area contributed by atoms with Gasteiger partial charge in [-0.1, -0.05) is 18.0 Å². The lowest BCUT2D eigenvalue weighted by Crippen LogP contribution is -2.36. The Morgan fingerprint density at radius 3 is 2.50 bits per heavy atom. The van der Waals surface area contributed by atoms with Gasteiger partial charge >= 0.3 is 0 Å². The fourth-order valence-corrected chi connectivity index (χ4v) is 5.68. The van der Waals surface area contributed by atoms with Gasteiger partial charge in [-0.3, -0.25) is 4.79 Å². The van der Waals surface area contributed by atoms with Gasteiger partial charge in [0.15, 0.2) is 0 Å². The molecule has 156 valence electrons. The molecule has 3 rings (SSSR count). The molecular weight excluding hydrogens is 398 g/mol. The molecule has 0 radical (unpaired) electrons. The van der Waals surface area contributed by atoms with Crippen molar-refractivity contribution in [3.8, 4) is 0 Å². The largest absolute Gasteiger partial charge is 0.352 e. The van der Waals surface area contributed by atoms with Gasteiger partial charge in [0, 0.05) is 19.6 Å². The van der Waals surface area contributed by atoms with Crippen molar-refractivity contribution in [3.05, 3.63) is 28.8 Å². The zero-order valence-corrected chi connectivity index (χ0v) is 18.1. The molecule has 1 N–H and O–H groups in total. The molecule has 2 saturated heterocycles. The SMILES string of the molecule is CN1CCC(CCNC(=O)c2cc(S(=O)(=O)N3CCCCC3)ccc2Cl)CC1. The molecule has 2 heterocycles. The van der Waals surface area contributed by atoms with Crippen LogP contribution in [0.5, 0.6) is 0 Å². The van der Waals surface area contributed by atoms with Crippen molar-refractivity contribution in [2.45, 2.75) is 43.4 Å². The monoisotopic (exact) mass is 427 g/mol. The van der Waals surface area contributed by atoms with E-state index in [-0.39, 0.29) is 21.4 Å². The maximum absolute atomic E-state index is 12.9. The highest BCUT2D eigenvalue weighted by molar-refractivity contribution is 7.89. The van der Waals surface area contributed by atoms with E-state index in [0.717, 1.165) is 51.6 Å². The number of rotatable bonds is 6. The van der Waals surface area contributed by atoms with E-state index in [4.69, 9.17) is 11.6 Å². The maximum atomic E-state index is 12.9. The molecule has 0 saturated carbocycles. The number of nitrogens with zero attached hydrogens (tertiary/aromatic N) is 2. The number of likely N-dealkylation sites (tertiary alicyclic amines) is 1. The first-order valence-electron chi connectivity index (χ1n) is 10.1. The Morgan fingerprint density at radius 1 is 1.14 bits per heavy atom. The van der Waals surface area contributed by atoms with Crippen molar-refractivity contribution in [2.75, 3.05) is 39.8 Å². The summed E-state index contributed by atoms with van der Waals surface area (Å²) in [6.45, 7) is 3.83. The molecule has 0 unspecified atom stereocenters. The number of carbonyl (C=O) groups excluding carboxylic acids is 1. The van der Waals surface area contributed by atoms with Gasteiger partial charge in [0.05, 0.1) is 15.5 Å². The Hall–Kier alpha value is -1.15. The molecule has 28 heavy (non-hydrogen) atoms. The van der Waals surface area contributed by atoms with E-state index in [9.17, 15) is 13.2 Å². The van der Waals surface area contributed by atoms with Gasteiger partial charge in [-0.25, -0.2) is 8.42 Å². The van der Waals surface area contributed by atoms with Crippen molar-refractivity contribution in [1.29, 1.82) is 0 Å². The summed E-state index contributed by atoms with van der Waals surface area (Å²) < 4.78 is 27.2. The fraction of sp³-hybridized carbons (Fsp3) is 0.650. The van der Waals surface area contributed by atoms with Crippen molar-refractivity contribution in [2.24, 2.45) is 5.92 Å². The fourth-order valence-electron chi connectivity index (χ4n) is 3.93. The van der Waals surface area contributed by atoms with E-state index in [0.29, 0.717) is 25.6 Å². The summed E-state index contributed by atoms with van der Waals surface area (Å²) in [6.07, 6.45) is 6.03. The zero-order valence-electron chi connectivity index (χ0n) is 16.5. The zero-order chi connectivity index (χ0) is 20.1. The van der Waals surface area contributed by atoms with Gasteiger partial charge in [-0.15, -0.1) is 0 Å². The van der Waals surface area contributed by atoms with E-state index >= 15 is 0 Å². The Balaban J connectivity index is 1.63. The molecule has 0 atom stereocenters. The Morgan fingerprint density at radius 2 is 1.82 bits per heavy atom. The lowest BCUT2D eigenvalue weighted by atomic mass is 9.94. The average molecular weight is 428 g/mol. The third-order valence-corrected chi connectivity index (χ3v) is 8.04. The van der Waals surface area contributed by atoms with Crippen LogP contribution in [0.2, 0.25) is 5.02 Å². The Bertz CT molecular complexity index is 786. The van der Waals surface area contributed by atoms with Crippen molar-refractivity contribution < 1.29 is 13.2 Å². The Labute approximate surface area is 173 Å². The highest BCUT2D eigenvalue weighted by atomic mass is 35.5. The third kappa shape index (κ3) is 5.26. The van der Waals surface area contributed by atoms with E-state index in [1.165, 1.54) is 22.5 Å². The van der Waals surface area contributed by atoms with E-state index in [1.54, 1.807) is 0 Å². The summed E-state index contributed by atoms with van der Waals surface area (Å²) >= 11 is 6.20. The van der Waals surface area contributed by atoms with Crippen LogP contribution >= 0.6 is 11.6 Å². The minimum Gasteiger partial charge on any atom is -0.352 e. The lowest BCUT2D eigenvalue weighted by Gasteiger charge is -2.28. The molecule has 0 bridgehead atoms. The summed E-state index contributed by atoms with van der Waals surface area (Å²) in [6, 6.07) is 4.41. The lowest BCUT2D eigenvalue weighted by molar-refractivity contribution is 0.0949. The molecule has 0 aromatic heterocycles. The van der Waals surface area contributed by atoms with Crippen LogP contribution < -0.4 is 5.32 Å². The van der Waals surface area contributed by atoms with Gasteiger partial charge in [-0.2, -0.15) is 4.31 Å². The minimum atomic E-state index is -3.59. The molecule has 8 heteroatoms. The predicted octanol–water partition coefficient (Wildman–Crippen LogP) is 2.98. The number of sulfonamides is 1.